The molecular formula is C13H24O3. The minimum Gasteiger partial charge on any atom is -0.466 e. The van der Waals surface area contributed by atoms with Crippen LogP contribution in [0.3, 0.4) is 0 Å². The molecule has 16 heavy (non-hydrogen) atoms. The van der Waals surface area contributed by atoms with Crippen LogP contribution in [-0.2, 0) is 9.53 Å². The Morgan fingerprint density at radius 1 is 1.50 bits per heavy atom. The van der Waals surface area contributed by atoms with Crippen LogP contribution in [0.4, 0.5) is 0 Å². The maximum atomic E-state index is 11.8. The molecule has 0 fully saturated rings. The molecule has 3 nitrogen and oxygen atoms in total. The Morgan fingerprint density at radius 3 is 2.38 bits per heavy atom. The van der Waals surface area contributed by atoms with Gasteiger partial charge in [-0.3, -0.25) is 4.79 Å². The fourth-order valence-corrected chi connectivity index (χ4v) is 1.85. The van der Waals surface area contributed by atoms with Crippen molar-refractivity contribution in [2.75, 3.05) is 6.61 Å². The summed E-state index contributed by atoms with van der Waals surface area (Å²) in [5, 5.41) is 10.5. The Hall–Kier alpha value is -0.830. The zero-order valence-electron chi connectivity index (χ0n) is 10.8. The zero-order valence-corrected chi connectivity index (χ0v) is 10.8. The maximum absolute atomic E-state index is 11.8. The molecule has 0 rings (SSSR count). The van der Waals surface area contributed by atoms with Gasteiger partial charge in [-0.25, -0.2) is 0 Å². The molecule has 0 aromatic heterocycles. The first-order chi connectivity index (χ1) is 7.43. The van der Waals surface area contributed by atoms with Crippen molar-refractivity contribution in [3.8, 4) is 0 Å². The second kappa shape index (κ2) is 6.69. The van der Waals surface area contributed by atoms with Crippen LogP contribution in [0.15, 0.2) is 12.7 Å². The first-order valence-electron chi connectivity index (χ1n) is 5.96. The quantitative estimate of drug-likeness (QED) is 0.538. The lowest BCUT2D eigenvalue weighted by atomic mass is 9.76. The van der Waals surface area contributed by atoms with Crippen LogP contribution in [0.1, 0.15) is 40.5 Å². The van der Waals surface area contributed by atoms with Crippen molar-refractivity contribution in [3.63, 3.8) is 0 Å². The van der Waals surface area contributed by atoms with Gasteiger partial charge in [0.2, 0.25) is 0 Å². The third-order valence-electron chi connectivity index (χ3n) is 2.96. The molecule has 0 spiro atoms. The summed E-state index contributed by atoms with van der Waals surface area (Å²) in [6, 6.07) is 0. The van der Waals surface area contributed by atoms with Crippen LogP contribution >= 0.6 is 0 Å². The minimum atomic E-state index is -1.18. The number of hydrogen-bond acceptors (Lipinski definition) is 3. The molecule has 0 bridgehead atoms. The summed E-state index contributed by atoms with van der Waals surface area (Å²) < 4.78 is 5.01. The SMILES string of the molecule is C=CC(O)(C(C)C)C(CCC)C(=O)OCC. The van der Waals surface area contributed by atoms with E-state index in [1.54, 1.807) is 6.92 Å². The largest absolute Gasteiger partial charge is 0.466 e. The van der Waals surface area contributed by atoms with Gasteiger partial charge in [-0.05, 0) is 19.3 Å². The van der Waals surface area contributed by atoms with Crippen LogP contribution in [0.2, 0.25) is 0 Å². The smallest absolute Gasteiger partial charge is 0.312 e. The van der Waals surface area contributed by atoms with Crippen molar-refractivity contribution < 1.29 is 14.6 Å². The summed E-state index contributed by atoms with van der Waals surface area (Å²) in [4.78, 5) is 11.8. The number of hydrogen-bond donors (Lipinski definition) is 1. The summed E-state index contributed by atoms with van der Waals surface area (Å²) in [7, 11) is 0. The lowest BCUT2D eigenvalue weighted by Gasteiger charge is -2.35. The number of carbonyl (C=O) groups excluding carboxylic acids is 1. The van der Waals surface area contributed by atoms with Gasteiger partial charge in [-0.2, -0.15) is 0 Å². The number of esters is 1. The van der Waals surface area contributed by atoms with Crippen LogP contribution in [0.25, 0.3) is 0 Å². The molecule has 0 saturated carbocycles. The Kier molecular flexibility index (Phi) is 6.34. The van der Waals surface area contributed by atoms with E-state index in [1.165, 1.54) is 6.08 Å². The number of ether oxygens (including phenoxy) is 1. The van der Waals surface area contributed by atoms with Crippen LogP contribution in [0.5, 0.6) is 0 Å². The summed E-state index contributed by atoms with van der Waals surface area (Å²) in [6.07, 6.45) is 2.90. The Labute approximate surface area is 98.5 Å². The van der Waals surface area contributed by atoms with Gasteiger partial charge in [0.1, 0.15) is 0 Å². The van der Waals surface area contributed by atoms with Gasteiger partial charge in [0, 0.05) is 0 Å². The molecule has 0 saturated heterocycles. The van der Waals surface area contributed by atoms with Crippen LogP contribution in [-0.4, -0.2) is 23.3 Å². The molecule has 0 radical (unpaired) electrons. The molecule has 1 N–H and O–H groups in total. The second-order valence-electron chi connectivity index (χ2n) is 4.34. The minimum absolute atomic E-state index is 0.0639. The highest BCUT2D eigenvalue weighted by atomic mass is 16.5. The second-order valence-corrected chi connectivity index (χ2v) is 4.34. The standard InChI is InChI=1S/C13H24O3/c1-6-9-11(12(14)16-8-3)13(15,7-2)10(4)5/h7,10-11,15H,2,6,8-9H2,1,3-5H3. The molecule has 0 aromatic rings. The molecule has 2 atom stereocenters. The van der Waals surface area contributed by atoms with E-state index in [0.717, 1.165) is 6.42 Å². The van der Waals surface area contributed by atoms with Gasteiger partial charge < -0.3 is 9.84 Å². The maximum Gasteiger partial charge on any atom is 0.312 e. The third-order valence-corrected chi connectivity index (χ3v) is 2.96. The van der Waals surface area contributed by atoms with E-state index in [4.69, 9.17) is 4.74 Å². The van der Waals surface area contributed by atoms with E-state index in [2.05, 4.69) is 6.58 Å². The van der Waals surface area contributed by atoms with Crippen molar-refractivity contribution in [2.45, 2.75) is 46.1 Å². The van der Waals surface area contributed by atoms with Crippen LogP contribution in [0, 0.1) is 11.8 Å². The third kappa shape index (κ3) is 3.34. The van der Waals surface area contributed by atoms with Crippen molar-refractivity contribution in [1.29, 1.82) is 0 Å². The number of rotatable bonds is 7. The molecule has 2 unspecified atom stereocenters. The first kappa shape index (κ1) is 15.2. The fraction of sp³-hybridized carbons (Fsp3) is 0.769. The van der Waals surface area contributed by atoms with Gasteiger partial charge in [0.05, 0.1) is 18.1 Å². The fourth-order valence-electron chi connectivity index (χ4n) is 1.85. The average molecular weight is 228 g/mol. The van der Waals surface area contributed by atoms with Crippen LogP contribution < -0.4 is 0 Å². The molecule has 3 heteroatoms. The monoisotopic (exact) mass is 228 g/mol. The summed E-state index contributed by atoms with van der Waals surface area (Å²) in [5.74, 6) is -0.915. The average Bonchev–Trinajstić information content (AvgIpc) is 2.24. The van der Waals surface area contributed by atoms with Gasteiger partial charge >= 0.3 is 5.97 Å². The molecule has 0 aliphatic rings. The van der Waals surface area contributed by atoms with Gasteiger partial charge in [0.15, 0.2) is 0 Å². The van der Waals surface area contributed by atoms with Crippen molar-refractivity contribution in [2.24, 2.45) is 11.8 Å². The number of aliphatic hydroxyl groups is 1. The molecule has 0 amide bonds. The highest BCUT2D eigenvalue weighted by molar-refractivity contribution is 5.74. The van der Waals surface area contributed by atoms with Crippen molar-refractivity contribution in [3.05, 3.63) is 12.7 Å². The molecular weight excluding hydrogens is 204 g/mol. The summed E-state index contributed by atoms with van der Waals surface area (Å²) >= 11 is 0. The van der Waals surface area contributed by atoms with Gasteiger partial charge in [-0.1, -0.05) is 33.3 Å². The lowest BCUT2D eigenvalue weighted by molar-refractivity contribution is -0.158. The Balaban J connectivity index is 4.99. The predicted octanol–water partition coefficient (Wildman–Crippen LogP) is 2.54. The Bertz CT molecular complexity index is 235. The molecule has 0 aromatic carbocycles. The van der Waals surface area contributed by atoms with Crippen molar-refractivity contribution >= 4 is 5.97 Å². The van der Waals surface area contributed by atoms with E-state index in [9.17, 15) is 9.90 Å². The topological polar surface area (TPSA) is 46.5 Å². The number of carbonyl (C=O) groups is 1. The van der Waals surface area contributed by atoms with E-state index >= 15 is 0 Å². The lowest BCUT2D eigenvalue weighted by Crippen LogP contribution is -2.45. The van der Waals surface area contributed by atoms with E-state index in [0.29, 0.717) is 13.0 Å². The van der Waals surface area contributed by atoms with E-state index in [-0.39, 0.29) is 11.9 Å². The molecule has 94 valence electrons. The normalized spacial score (nSPS) is 16.6. The highest BCUT2D eigenvalue weighted by Gasteiger charge is 2.41. The molecule has 0 heterocycles. The van der Waals surface area contributed by atoms with Gasteiger partial charge in [-0.15, -0.1) is 6.58 Å². The molecule has 0 aliphatic heterocycles. The predicted molar refractivity (Wildman–Crippen MR) is 65.0 cm³/mol. The van der Waals surface area contributed by atoms with E-state index < -0.39 is 11.5 Å². The van der Waals surface area contributed by atoms with Gasteiger partial charge in [0.25, 0.3) is 0 Å². The first-order valence-corrected chi connectivity index (χ1v) is 5.96. The zero-order chi connectivity index (χ0) is 12.8. The molecule has 0 aliphatic carbocycles. The van der Waals surface area contributed by atoms with E-state index in [1.807, 2.05) is 20.8 Å². The Morgan fingerprint density at radius 2 is 2.06 bits per heavy atom. The highest BCUT2D eigenvalue weighted by Crippen LogP contribution is 2.31. The van der Waals surface area contributed by atoms with Crippen molar-refractivity contribution in [1.82, 2.24) is 0 Å². The summed E-state index contributed by atoms with van der Waals surface area (Å²) in [6.45, 7) is 11.5. The summed E-state index contributed by atoms with van der Waals surface area (Å²) in [5.41, 5.74) is -1.18.